The highest BCUT2D eigenvalue weighted by atomic mass is 32.1. The van der Waals surface area contributed by atoms with Gasteiger partial charge in [0.25, 0.3) is 0 Å². The summed E-state index contributed by atoms with van der Waals surface area (Å²) in [6.07, 6.45) is -1.27. The number of benzene rings is 1. The summed E-state index contributed by atoms with van der Waals surface area (Å²) in [5, 5.41) is 24.8. The molecule has 0 saturated carbocycles. The zero-order chi connectivity index (χ0) is 26.5. The third kappa shape index (κ3) is 10.9. The molecule has 0 aliphatic carbocycles. The standard InChI is InChI=1S/C21H29N5O8S/c22-12(6-7-17(28)29)18(30)24-14(9-16(23)27)20(32)25-13(8-11-4-2-1-3-5-11)19(31)26-15(10-35)21(33)34/h1-5,12-15,35H,6-10,22H2,(H2,23,27)(H,24,30)(H,25,32)(H,26,31)(H,28,29)(H,33,34). The molecule has 4 unspecified atom stereocenters. The molecule has 9 N–H and O–H groups in total. The first kappa shape index (κ1) is 29.4. The normalized spacial score (nSPS) is 14.0. The summed E-state index contributed by atoms with van der Waals surface area (Å²) in [4.78, 5) is 71.5. The Morgan fingerprint density at radius 2 is 1.40 bits per heavy atom. The Morgan fingerprint density at radius 1 is 0.857 bits per heavy atom. The van der Waals surface area contributed by atoms with E-state index in [0.29, 0.717) is 5.56 Å². The summed E-state index contributed by atoms with van der Waals surface area (Å²) >= 11 is 3.89. The molecular formula is C21H29N5O8S. The summed E-state index contributed by atoms with van der Waals surface area (Å²) in [6.45, 7) is 0. The Morgan fingerprint density at radius 3 is 1.91 bits per heavy atom. The van der Waals surface area contributed by atoms with Crippen LogP contribution in [0.2, 0.25) is 0 Å². The van der Waals surface area contributed by atoms with Crippen molar-refractivity contribution in [2.45, 2.75) is 49.9 Å². The van der Waals surface area contributed by atoms with E-state index in [0.717, 1.165) is 0 Å². The van der Waals surface area contributed by atoms with Crippen molar-refractivity contribution in [2.75, 3.05) is 5.75 Å². The van der Waals surface area contributed by atoms with E-state index in [-0.39, 0.29) is 18.6 Å². The van der Waals surface area contributed by atoms with Gasteiger partial charge in [0.15, 0.2) is 0 Å². The lowest BCUT2D eigenvalue weighted by Crippen LogP contribution is -2.58. The van der Waals surface area contributed by atoms with Gasteiger partial charge in [0.1, 0.15) is 18.1 Å². The quantitative estimate of drug-likeness (QED) is 0.119. The van der Waals surface area contributed by atoms with Crippen molar-refractivity contribution >= 4 is 48.2 Å². The lowest BCUT2D eigenvalue weighted by atomic mass is 10.0. The summed E-state index contributed by atoms with van der Waals surface area (Å²) in [5.74, 6) is -6.31. The van der Waals surface area contributed by atoms with Crippen LogP contribution in [0.25, 0.3) is 0 Å². The van der Waals surface area contributed by atoms with Gasteiger partial charge in [-0.3, -0.25) is 24.0 Å². The topological polar surface area (TPSA) is 231 Å². The highest BCUT2D eigenvalue weighted by Gasteiger charge is 2.31. The van der Waals surface area contributed by atoms with Gasteiger partial charge in [0, 0.05) is 18.6 Å². The molecule has 0 saturated heterocycles. The van der Waals surface area contributed by atoms with Crippen molar-refractivity contribution in [3.8, 4) is 0 Å². The zero-order valence-electron chi connectivity index (χ0n) is 18.7. The maximum Gasteiger partial charge on any atom is 0.327 e. The number of thiol groups is 1. The van der Waals surface area contributed by atoms with E-state index in [1.165, 1.54) is 0 Å². The van der Waals surface area contributed by atoms with Crippen molar-refractivity contribution in [2.24, 2.45) is 11.5 Å². The lowest BCUT2D eigenvalue weighted by molar-refractivity contribution is -0.141. The van der Waals surface area contributed by atoms with Crippen molar-refractivity contribution in [1.29, 1.82) is 0 Å². The number of nitrogens with two attached hydrogens (primary N) is 2. The summed E-state index contributed by atoms with van der Waals surface area (Å²) in [6, 6.07) is 3.13. The molecule has 0 bridgehead atoms. The predicted octanol–water partition coefficient (Wildman–Crippen LogP) is -2.23. The SMILES string of the molecule is NC(=O)CC(NC(=O)C(N)CCC(=O)O)C(=O)NC(Cc1ccccc1)C(=O)NC(CS)C(=O)O. The molecule has 0 aliphatic rings. The third-order valence-corrected chi connectivity index (χ3v) is 5.12. The number of hydrogen-bond acceptors (Lipinski definition) is 8. The zero-order valence-corrected chi connectivity index (χ0v) is 19.6. The first-order valence-electron chi connectivity index (χ1n) is 10.5. The Hall–Kier alpha value is -3.65. The van der Waals surface area contributed by atoms with Crippen molar-refractivity contribution in [1.82, 2.24) is 16.0 Å². The first-order valence-corrected chi connectivity index (χ1v) is 11.1. The van der Waals surface area contributed by atoms with Crippen LogP contribution < -0.4 is 27.4 Å². The number of amides is 4. The molecule has 0 fully saturated rings. The minimum Gasteiger partial charge on any atom is -0.481 e. The molecule has 4 atom stereocenters. The predicted molar refractivity (Wildman–Crippen MR) is 126 cm³/mol. The van der Waals surface area contributed by atoms with Gasteiger partial charge in [-0.2, -0.15) is 12.6 Å². The number of aliphatic carboxylic acids is 2. The average Bonchev–Trinajstić information content (AvgIpc) is 2.79. The molecule has 1 aromatic carbocycles. The molecule has 0 aliphatic heterocycles. The highest BCUT2D eigenvalue weighted by Crippen LogP contribution is 2.06. The van der Waals surface area contributed by atoms with Crippen LogP contribution in [0.3, 0.4) is 0 Å². The Balaban J connectivity index is 3.06. The largest absolute Gasteiger partial charge is 0.481 e. The Bertz CT molecular complexity index is 930. The van der Waals surface area contributed by atoms with Crippen LogP contribution in [0.1, 0.15) is 24.8 Å². The number of carboxylic acids is 2. The second kappa shape index (κ2) is 14.6. The van der Waals surface area contributed by atoms with Gasteiger partial charge < -0.3 is 37.6 Å². The molecule has 1 aromatic rings. The minimum atomic E-state index is -1.51. The van der Waals surface area contributed by atoms with Gasteiger partial charge in [0.2, 0.25) is 23.6 Å². The maximum atomic E-state index is 12.9. The van der Waals surface area contributed by atoms with Crippen molar-refractivity contribution < 1.29 is 39.0 Å². The molecule has 192 valence electrons. The number of carboxylic acid groups (broad SMARTS) is 2. The first-order chi connectivity index (χ1) is 16.4. The van der Waals surface area contributed by atoms with Gasteiger partial charge in [-0.05, 0) is 12.0 Å². The molecule has 4 amide bonds. The Kier molecular flexibility index (Phi) is 12.2. The van der Waals surface area contributed by atoms with Gasteiger partial charge in [-0.1, -0.05) is 30.3 Å². The van der Waals surface area contributed by atoms with E-state index >= 15 is 0 Å². The molecular weight excluding hydrogens is 482 g/mol. The average molecular weight is 512 g/mol. The fourth-order valence-electron chi connectivity index (χ4n) is 2.89. The fraction of sp³-hybridized carbons (Fsp3) is 0.429. The van der Waals surface area contributed by atoms with E-state index in [9.17, 15) is 33.9 Å². The van der Waals surface area contributed by atoms with Crippen LogP contribution in [0, 0.1) is 0 Å². The lowest BCUT2D eigenvalue weighted by Gasteiger charge is -2.24. The van der Waals surface area contributed by atoms with Gasteiger partial charge in [-0.15, -0.1) is 0 Å². The van der Waals surface area contributed by atoms with Crippen LogP contribution in [-0.4, -0.2) is 75.7 Å². The molecule has 14 heteroatoms. The molecule has 0 radical (unpaired) electrons. The van der Waals surface area contributed by atoms with Crippen LogP contribution in [0.15, 0.2) is 30.3 Å². The number of carbonyl (C=O) groups is 6. The fourth-order valence-corrected chi connectivity index (χ4v) is 3.14. The molecule has 0 spiro atoms. The highest BCUT2D eigenvalue weighted by molar-refractivity contribution is 7.80. The summed E-state index contributed by atoms with van der Waals surface area (Å²) in [7, 11) is 0. The van der Waals surface area contributed by atoms with Crippen LogP contribution in [-0.2, 0) is 35.2 Å². The van der Waals surface area contributed by atoms with Crippen LogP contribution in [0.4, 0.5) is 0 Å². The monoisotopic (exact) mass is 511 g/mol. The maximum absolute atomic E-state index is 12.9. The van der Waals surface area contributed by atoms with E-state index in [4.69, 9.17) is 16.6 Å². The second-order valence-electron chi connectivity index (χ2n) is 7.60. The number of hydrogen-bond donors (Lipinski definition) is 8. The number of carbonyl (C=O) groups excluding carboxylic acids is 4. The minimum absolute atomic E-state index is 0.0350. The van der Waals surface area contributed by atoms with Gasteiger partial charge >= 0.3 is 11.9 Å². The smallest absolute Gasteiger partial charge is 0.327 e. The third-order valence-electron chi connectivity index (χ3n) is 4.76. The van der Waals surface area contributed by atoms with E-state index in [2.05, 4.69) is 28.6 Å². The molecule has 1 rings (SSSR count). The number of primary amides is 1. The molecule has 35 heavy (non-hydrogen) atoms. The number of rotatable bonds is 15. The molecule has 0 heterocycles. The molecule has 0 aromatic heterocycles. The molecule has 13 nitrogen and oxygen atoms in total. The van der Waals surface area contributed by atoms with E-state index < -0.39 is 72.6 Å². The Labute approximate surface area is 206 Å². The second-order valence-corrected chi connectivity index (χ2v) is 7.97. The summed E-state index contributed by atoms with van der Waals surface area (Å²) < 4.78 is 0. The van der Waals surface area contributed by atoms with Crippen molar-refractivity contribution in [3.05, 3.63) is 35.9 Å². The van der Waals surface area contributed by atoms with Crippen LogP contribution in [0.5, 0.6) is 0 Å². The van der Waals surface area contributed by atoms with Gasteiger partial charge in [-0.25, -0.2) is 4.79 Å². The number of nitrogens with one attached hydrogen (secondary N) is 3. The summed E-state index contributed by atoms with van der Waals surface area (Å²) in [5.41, 5.74) is 11.5. The van der Waals surface area contributed by atoms with E-state index in [1.54, 1.807) is 30.3 Å². The van der Waals surface area contributed by atoms with Crippen molar-refractivity contribution in [3.63, 3.8) is 0 Å². The van der Waals surface area contributed by atoms with E-state index in [1.807, 2.05) is 0 Å². The van der Waals surface area contributed by atoms with Crippen LogP contribution >= 0.6 is 12.6 Å². The van der Waals surface area contributed by atoms with Gasteiger partial charge in [0.05, 0.1) is 12.5 Å².